The molecule has 0 unspecified atom stereocenters. The molecule has 2 aromatic heterocycles. The van der Waals surface area contributed by atoms with Crippen molar-refractivity contribution < 1.29 is 14.3 Å². The predicted octanol–water partition coefficient (Wildman–Crippen LogP) is 5.64. The van der Waals surface area contributed by atoms with Crippen molar-refractivity contribution >= 4 is 82.4 Å². The monoisotopic (exact) mass is 508 g/mol. The molecule has 0 aliphatic rings. The molecule has 2 heterocycles. The molecule has 148 valence electrons. The van der Waals surface area contributed by atoms with Crippen LogP contribution in [-0.4, -0.2) is 23.1 Å². The summed E-state index contributed by atoms with van der Waals surface area (Å²) in [5.74, 6) is -0.816. The highest BCUT2D eigenvalue weighted by molar-refractivity contribution is 9.10. The Balaban J connectivity index is 1.84. The highest BCUT2D eigenvalue weighted by Crippen LogP contribution is 2.35. The van der Waals surface area contributed by atoms with Gasteiger partial charge < -0.3 is 9.30 Å². The second-order valence-electron chi connectivity index (χ2n) is 6.05. The number of nitrogens with zero attached hydrogens (tertiary/aromatic N) is 2. The molecule has 4 rings (SSSR count). The summed E-state index contributed by atoms with van der Waals surface area (Å²) >= 11 is 12.5. The third-order valence-electron chi connectivity index (χ3n) is 4.16. The summed E-state index contributed by atoms with van der Waals surface area (Å²) < 4.78 is 9.51. The zero-order chi connectivity index (χ0) is 20.5. The van der Waals surface area contributed by atoms with Gasteiger partial charge >= 0.3 is 5.97 Å². The largest absolute Gasteiger partial charge is 0.465 e. The first kappa shape index (κ1) is 20.3. The maximum absolute atomic E-state index is 12.9. The van der Waals surface area contributed by atoms with E-state index in [1.54, 1.807) is 11.5 Å². The van der Waals surface area contributed by atoms with Crippen LogP contribution in [0.2, 0.25) is 5.02 Å². The molecule has 0 radical (unpaired) electrons. The summed E-state index contributed by atoms with van der Waals surface area (Å²) in [5, 5.41) is 1.23. The Kier molecular flexibility index (Phi) is 5.87. The minimum absolute atomic E-state index is 0.0261. The number of carbonyl (C=O) groups is 2. The van der Waals surface area contributed by atoms with Crippen LogP contribution in [0.4, 0.5) is 0 Å². The van der Waals surface area contributed by atoms with Crippen LogP contribution in [0.5, 0.6) is 0 Å². The van der Waals surface area contributed by atoms with Crippen molar-refractivity contribution in [1.29, 1.82) is 0 Å². The highest BCUT2D eigenvalue weighted by Gasteiger charge is 2.18. The number of thiazole rings is 1. The molecule has 0 fully saturated rings. The number of ether oxygens (including phenoxy) is 1. The summed E-state index contributed by atoms with van der Waals surface area (Å²) in [6.07, 6.45) is 0. The van der Waals surface area contributed by atoms with Gasteiger partial charge in [0.25, 0.3) is 5.91 Å². The summed E-state index contributed by atoms with van der Waals surface area (Å²) in [5.41, 5.74) is 0.806. The molecule has 1 amide bonds. The van der Waals surface area contributed by atoms with Gasteiger partial charge in [-0.25, -0.2) is 0 Å². The number of thiophene rings is 1. The van der Waals surface area contributed by atoms with E-state index >= 15 is 0 Å². The Labute approximate surface area is 187 Å². The number of aromatic nitrogens is 1. The second-order valence-corrected chi connectivity index (χ2v) is 9.40. The quantitative estimate of drug-likeness (QED) is 0.335. The number of halogens is 2. The summed E-state index contributed by atoms with van der Waals surface area (Å²) in [4.78, 5) is 30.2. The van der Waals surface area contributed by atoms with Crippen molar-refractivity contribution in [3.8, 4) is 0 Å². The topological polar surface area (TPSA) is 60.7 Å². The molecule has 2 aromatic carbocycles. The minimum atomic E-state index is -0.431. The number of benzene rings is 2. The van der Waals surface area contributed by atoms with Gasteiger partial charge in [-0.15, -0.1) is 11.3 Å². The van der Waals surface area contributed by atoms with Gasteiger partial charge in [-0.1, -0.05) is 57.1 Å². The molecular weight excluding hydrogens is 496 g/mol. The van der Waals surface area contributed by atoms with E-state index in [0.717, 1.165) is 24.8 Å². The van der Waals surface area contributed by atoms with E-state index in [1.807, 2.05) is 42.5 Å². The molecule has 0 aliphatic heterocycles. The fourth-order valence-electron chi connectivity index (χ4n) is 2.91. The van der Waals surface area contributed by atoms with Crippen molar-refractivity contribution in [2.75, 3.05) is 6.61 Å². The van der Waals surface area contributed by atoms with E-state index in [9.17, 15) is 9.59 Å². The number of esters is 1. The van der Waals surface area contributed by atoms with Crippen LogP contribution >= 0.6 is 50.2 Å². The summed E-state index contributed by atoms with van der Waals surface area (Å²) in [6.45, 7) is 2.02. The van der Waals surface area contributed by atoms with E-state index in [-0.39, 0.29) is 19.1 Å². The molecule has 0 bridgehead atoms. The van der Waals surface area contributed by atoms with Crippen LogP contribution < -0.4 is 4.80 Å². The van der Waals surface area contributed by atoms with Gasteiger partial charge in [0.1, 0.15) is 11.4 Å². The Morgan fingerprint density at radius 3 is 2.72 bits per heavy atom. The van der Waals surface area contributed by atoms with Gasteiger partial charge in [0.2, 0.25) is 0 Å². The van der Waals surface area contributed by atoms with Crippen molar-refractivity contribution in [3.05, 3.63) is 61.6 Å². The molecule has 0 atom stereocenters. The highest BCUT2D eigenvalue weighted by atomic mass is 79.9. The van der Waals surface area contributed by atoms with Crippen molar-refractivity contribution in [3.63, 3.8) is 0 Å². The van der Waals surface area contributed by atoms with E-state index in [1.165, 1.54) is 22.7 Å². The first-order valence-electron chi connectivity index (χ1n) is 8.68. The van der Waals surface area contributed by atoms with Crippen LogP contribution in [0, 0.1) is 0 Å². The van der Waals surface area contributed by atoms with Crippen LogP contribution in [0.3, 0.4) is 0 Å². The van der Waals surface area contributed by atoms with Gasteiger partial charge in [0, 0.05) is 14.6 Å². The van der Waals surface area contributed by atoms with Gasteiger partial charge in [0.15, 0.2) is 4.80 Å². The van der Waals surface area contributed by atoms with Crippen LogP contribution in [0.25, 0.3) is 20.3 Å². The van der Waals surface area contributed by atoms with Gasteiger partial charge in [-0.05, 0) is 31.2 Å². The number of fused-ring (bicyclic) bond motifs is 2. The number of carbonyl (C=O) groups excluding carboxylic acids is 2. The lowest BCUT2D eigenvalue weighted by atomic mass is 10.2. The molecule has 4 aromatic rings. The van der Waals surface area contributed by atoms with Gasteiger partial charge in [-0.2, -0.15) is 4.99 Å². The molecule has 0 saturated heterocycles. The molecule has 0 aliphatic carbocycles. The van der Waals surface area contributed by atoms with E-state index < -0.39 is 5.91 Å². The zero-order valence-corrected chi connectivity index (χ0v) is 19.1. The number of rotatable bonds is 4. The fourth-order valence-corrected chi connectivity index (χ4v) is 5.89. The van der Waals surface area contributed by atoms with E-state index in [0.29, 0.717) is 14.7 Å². The SMILES string of the molecule is CCOC(=O)Cn1c(=NC(=O)c2sc3ccccc3c2Cl)sc2cc(Br)ccc21. The second kappa shape index (κ2) is 8.39. The first-order valence-corrected chi connectivity index (χ1v) is 11.5. The average molecular weight is 510 g/mol. The molecular formula is C20H14BrClN2O3S2. The number of hydrogen-bond acceptors (Lipinski definition) is 5. The lowest BCUT2D eigenvalue weighted by Crippen LogP contribution is -2.23. The van der Waals surface area contributed by atoms with Crippen molar-refractivity contribution in [1.82, 2.24) is 4.57 Å². The zero-order valence-electron chi connectivity index (χ0n) is 15.1. The molecule has 29 heavy (non-hydrogen) atoms. The normalized spacial score (nSPS) is 12.0. The van der Waals surface area contributed by atoms with Crippen molar-refractivity contribution in [2.45, 2.75) is 13.5 Å². The average Bonchev–Trinajstić information content (AvgIpc) is 3.20. The molecule has 9 heteroatoms. The molecule has 0 saturated carbocycles. The van der Waals surface area contributed by atoms with E-state index in [4.69, 9.17) is 16.3 Å². The number of hydrogen-bond donors (Lipinski definition) is 0. The Morgan fingerprint density at radius 2 is 1.97 bits per heavy atom. The smallest absolute Gasteiger partial charge is 0.326 e. The standard InChI is InChI=1S/C20H14BrClN2O3S2/c1-2-27-16(25)10-24-13-8-7-11(21)9-15(13)29-20(24)23-19(26)18-17(22)12-5-3-4-6-14(12)28-18/h3-9H,2,10H2,1H3. The van der Waals surface area contributed by atoms with Crippen molar-refractivity contribution in [2.24, 2.45) is 4.99 Å². The predicted molar refractivity (Wildman–Crippen MR) is 121 cm³/mol. The van der Waals surface area contributed by atoms with Crippen LogP contribution in [0.1, 0.15) is 16.6 Å². The first-order chi connectivity index (χ1) is 14.0. The lowest BCUT2D eigenvalue weighted by Gasteiger charge is -2.05. The van der Waals surface area contributed by atoms with Crippen LogP contribution in [0.15, 0.2) is 51.9 Å². The van der Waals surface area contributed by atoms with Gasteiger partial charge in [-0.3, -0.25) is 9.59 Å². The third-order valence-corrected chi connectivity index (χ3v) is 7.36. The third kappa shape index (κ3) is 4.02. The maximum Gasteiger partial charge on any atom is 0.326 e. The molecule has 0 N–H and O–H groups in total. The fraction of sp³-hybridized carbons (Fsp3) is 0.150. The lowest BCUT2D eigenvalue weighted by molar-refractivity contribution is -0.143. The van der Waals surface area contributed by atoms with E-state index in [2.05, 4.69) is 20.9 Å². The molecule has 0 spiro atoms. The number of amides is 1. The Morgan fingerprint density at radius 1 is 1.17 bits per heavy atom. The minimum Gasteiger partial charge on any atom is -0.465 e. The Hall–Kier alpha value is -2.00. The maximum atomic E-state index is 12.9. The Bertz CT molecular complexity index is 1320. The summed E-state index contributed by atoms with van der Waals surface area (Å²) in [7, 11) is 0. The van der Waals surface area contributed by atoms with Crippen LogP contribution in [-0.2, 0) is 16.1 Å². The molecule has 5 nitrogen and oxygen atoms in total. The summed E-state index contributed by atoms with van der Waals surface area (Å²) in [6, 6.07) is 13.3. The van der Waals surface area contributed by atoms with Gasteiger partial charge in [0.05, 0.1) is 21.8 Å².